The lowest BCUT2D eigenvalue weighted by Crippen LogP contribution is -2.40. The van der Waals surface area contributed by atoms with Gasteiger partial charge in [-0.1, -0.05) is 13.0 Å². The first-order valence-corrected chi connectivity index (χ1v) is 8.87. The zero-order valence-corrected chi connectivity index (χ0v) is 19.0. The lowest BCUT2D eigenvalue weighted by molar-refractivity contribution is -0.145. The van der Waals surface area contributed by atoms with Gasteiger partial charge in [0.05, 0.1) is 26.7 Å². The molecule has 0 radical (unpaired) electrons. The molecule has 1 aliphatic heterocycles. The van der Waals surface area contributed by atoms with Crippen LogP contribution in [0.3, 0.4) is 0 Å². The highest BCUT2D eigenvalue weighted by molar-refractivity contribution is 14.0. The van der Waals surface area contributed by atoms with E-state index in [0.29, 0.717) is 25.4 Å². The summed E-state index contributed by atoms with van der Waals surface area (Å²) >= 11 is 0. The van der Waals surface area contributed by atoms with Crippen LogP contribution in [0.15, 0.2) is 23.2 Å². The Morgan fingerprint density at radius 3 is 2.63 bits per heavy atom. The van der Waals surface area contributed by atoms with E-state index in [1.54, 1.807) is 14.2 Å². The number of hydrogen-bond acceptors (Lipinski definition) is 5. The molecule has 1 saturated heterocycles. The van der Waals surface area contributed by atoms with Gasteiger partial charge < -0.3 is 24.4 Å². The molecular formula is C19H30IN3O4. The van der Waals surface area contributed by atoms with Crippen molar-refractivity contribution in [3.8, 4) is 11.5 Å². The van der Waals surface area contributed by atoms with E-state index in [1.165, 1.54) is 7.11 Å². The topological polar surface area (TPSA) is 72.4 Å². The van der Waals surface area contributed by atoms with Crippen molar-refractivity contribution in [1.82, 2.24) is 10.2 Å². The maximum atomic E-state index is 11.9. The van der Waals surface area contributed by atoms with Crippen LogP contribution in [-0.4, -0.2) is 57.8 Å². The van der Waals surface area contributed by atoms with E-state index < -0.39 is 0 Å². The van der Waals surface area contributed by atoms with Gasteiger partial charge in [0.25, 0.3) is 0 Å². The van der Waals surface area contributed by atoms with Crippen molar-refractivity contribution in [2.75, 3.05) is 41.0 Å². The van der Waals surface area contributed by atoms with Gasteiger partial charge in [0.2, 0.25) is 0 Å². The van der Waals surface area contributed by atoms with Crippen LogP contribution in [0, 0.1) is 11.8 Å². The van der Waals surface area contributed by atoms with Crippen LogP contribution in [0.2, 0.25) is 0 Å². The molecule has 2 unspecified atom stereocenters. The normalized spacial score (nSPS) is 19.3. The minimum absolute atomic E-state index is 0. The summed E-state index contributed by atoms with van der Waals surface area (Å²) < 4.78 is 15.8. The standard InChI is InChI=1S/C19H29N3O4.HI/c1-6-26-16-8-7-14(9-17(16)24-4)10-21-19(20-3)22-11-13(2)15(12-22)18(23)25-5;/h7-9,13,15H,6,10-12H2,1-5H3,(H,20,21);1H. The van der Waals surface area contributed by atoms with Gasteiger partial charge in [0, 0.05) is 26.7 Å². The number of ether oxygens (including phenoxy) is 3. The fourth-order valence-corrected chi connectivity index (χ4v) is 3.21. The van der Waals surface area contributed by atoms with E-state index in [-0.39, 0.29) is 41.8 Å². The van der Waals surface area contributed by atoms with Crippen molar-refractivity contribution < 1.29 is 19.0 Å². The monoisotopic (exact) mass is 491 g/mol. The first kappa shape index (κ1) is 23.3. The zero-order chi connectivity index (χ0) is 19.1. The Morgan fingerprint density at radius 1 is 1.30 bits per heavy atom. The predicted octanol–water partition coefficient (Wildman–Crippen LogP) is 2.53. The summed E-state index contributed by atoms with van der Waals surface area (Å²) in [5, 5.41) is 3.36. The first-order chi connectivity index (χ1) is 12.5. The number of esters is 1. The fourth-order valence-electron chi connectivity index (χ4n) is 3.21. The van der Waals surface area contributed by atoms with Gasteiger partial charge in [0.1, 0.15) is 0 Å². The summed E-state index contributed by atoms with van der Waals surface area (Å²) in [4.78, 5) is 18.3. The van der Waals surface area contributed by atoms with Crippen LogP contribution >= 0.6 is 24.0 Å². The molecule has 152 valence electrons. The van der Waals surface area contributed by atoms with Crippen molar-refractivity contribution in [1.29, 1.82) is 0 Å². The number of nitrogens with one attached hydrogen (secondary N) is 1. The molecule has 1 fully saturated rings. The number of halogens is 1. The molecular weight excluding hydrogens is 461 g/mol. The van der Waals surface area contributed by atoms with E-state index in [1.807, 2.05) is 25.1 Å². The molecule has 0 saturated carbocycles. The third-order valence-electron chi connectivity index (χ3n) is 4.61. The molecule has 8 heteroatoms. The quantitative estimate of drug-likeness (QED) is 0.286. The number of benzene rings is 1. The Hall–Kier alpha value is -1.71. The molecule has 0 aliphatic carbocycles. The van der Waals surface area contributed by atoms with Crippen LogP contribution < -0.4 is 14.8 Å². The summed E-state index contributed by atoms with van der Waals surface area (Å²) in [6.45, 7) is 6.58. The molecule has 0 bridgehead atoms. The number of nitrogens with zero attached hydrogens (tertiary/aromatic N) is 2. The molecule has 7 nitrogen and oxygen atoms in total. The minimum Gasteiger partial charge on any atom is -0.493 e. The van der Waals surface area contributed by atoms with Crippen LogP contribution in [0.5, 0.6) is 11.5 Å². The van der Waals surface area contributed by atoms with E-state index in [2.05, 4.69) is 22.1 Å². The molecule has 1 N–H and O–H groups in total. The number of hydrogen-bond donors (Lipinski definition) is 1. The smallest absolute Gasteiger partial charge is 0.310 e. The molecule has 0 aromatic heterocycles. The lowest BCUT2D eigenvalue weighted by Gasteiger charge is -2.21. The number of rotatable bonds is 6. The highest BCUT2D eigenvalue weighted by atomic mass is 127. The Bertz CT molecular complexity index is 654. The highest BCUT2D eigenvalue weighted by Crippen LogP contribution is 2.28. The Labute approximate surface area is 178 Å². The molecule has 1 aliphatic rings. The van der Waals surface area contributed by atoms with Crippen LogP contribution in [-0.2, 0) is 16.1 Å². The summed E-state index contributed by atoms with van der Waals surface area (Å²) in [6, 6.07) is 5.86. The van der Waals surface area contributed by atoms with Crippen molar-refractivity contribution in [3.05, 3.63) is 23.8 Å². The van der Waals surface area contributed by atoms with Gasteiger partial charge in [-0.3, -0.25) is 9.79 Å². The molecule has 2 rings (SSSR count). The molecule has 2 atom stereocenters. The Morgan fingerprint density at radius 2 is 2.04 bits per heavy atom. The van der Waals surface area contributed by atoms with Gasteiger partial charge >= 0.3 is 5.97 Å². The Kier molecular flexibility index (Phi) is 9.68. The number of likely N-dealkylation sites (tertiary alicyclic amines) is 1. The maximum Gasteiger partial charge on any atom is 0.310 e. The van der Waals surface area contributed by atoms with E-state index >= 15 is 0 Å². The van der Waals surface area contributed by atoms with Gasteiger partial charge in [-0.05, 0) is 30.5 Å². The third-order valence-corrected chi connectivity index (χ3v) is 4.61. The van der Waals surface area contributed by atoms with Crippen LogP contribution in [0.1, 0.15) is 19.4 Å². The number of guanidine groups is 1. The van der Waals surface area contributed by atoms with Crippen molar-refractivity contribution in [3.63, 3.8) is 0 Å². The SMILES string of the molecule is CCOc1ccc(CNC(=NC)N2CC(C)C(C(=O)OC)C2)cc1OC.I. The van der Waals surface area contributed by atoms with Gasteiger partial charge in [-0.2, -0.15) is 0 Å². The van der Waals surface area contributed by atoms with Crippen LogP contribution in [0.4, 0.5) is 0 Å². The molecule has 0 amide bonds. The first-order valence-electron chi connectivity index (χ1n) is 8.87. The van der Waals surface area contributed by atoms with E-state index in [0.717, 1.165) is 23.8 Å². The number of carbonyl (C=O) groups excluding carboxylic acids is 1. The van der Waals surface area contributed by atoms with Gasteiger partial charge in [0.15, 0.2) is 17.5 Å². The van der Waals surface area contributed by atoms with Crippen molar-refractivity contribution >= 4 is 35.9 Å². The summed E-state index contributed by atoms with van der Waals surface area (Å²) in [6.07, 6.45) is 0. The molecule has 27 heavy (non-hydrogen) atoms. The summed E-state index contributed by atoms with van der Waals surface area (Å²) in [5.41, 5.74) is 1.06. The minimum atomic E-state index is -0.160. The number of aliphatic imine (C=N–C) groups is 1. The van der Waals surface area contributed by atoms with Crippen molar-refractivity contribution in [2.45, 2.75) is 20.4 Å². The van der Waals surface area contributed by atoms with E-state index in [9.17, 15) is 4.79 Å². The van der Waals surface area contributed by atoms with Crippen molar-refractivity contribution in [2.24, 2.45) is 16.8 Å². The average molecular weight is 491 g/mol. The fraction of sp³-hybridized carbons (Fsp3) is 0.579. The number of carbonyl (C=O) groups is 1. The average Bonchev–Trinajstić information content (AvgIpc) is 3.04. The number of methoxy groups -OCH3 is 2. The largest absolute Gasteiger partial charge is 0.493 e. The van der Waals surface area contributed by atoms with Gasteiger partial charge in [-0.25, -0.2) is 0 Å². The lowest BCUT2D eigenvalue weighted by atomic mass is 9.99. The molecule has 1 heterocycles. The molecule has 1 aromatic carbocycles. The third kappa shape index (κ3) is 5.88. The summed E-state index contributed by atoms with van der Waals surface area (Å²) in [5.74, 6) is 2.16. The predicted molar refractivity (Wildman–Crippen MR) is 116 cm³/mol. The second-order valence-corrected chi connectivity index (χ2v) is 6.33. The van der Waals surface area contributed by atoms with Crippen LogP contribution in [0.25, 0.3) is 0 Å². The highest BCUT2D eigenvalue weighted by Gasteiger charge is 2.36. The zero-order valence-electron chi connectivity index (χ0n) is 16.7. The molecule has 1 aromatic rings. The second kappa shape index (κ2) is 11.2. The van der Waals surface area contributed by atoms with Gasteiger partial charge in [-0.15, -0.1) is 24.0 Å². The second-order valence-electron chi connectivity index (χ2n) is 6.33. The molecule has 0 spiro atoms. The Balaban J connectivity index is 0.00000364. The van der Waals surface area contributed by atoms with E-state index in [4.69, 9.17) is 14.2 Å². The summed E-state index contributed by atoms with van der Waals surface area (Å²) in [7, 11) is 4.81. The maximum absolute atomic E-state index is 11.9.